The third-order valence-corrected chi connectivity index (χ3v) is 6.48. The van der Waals surface area contributed by atoms with Gasteiger partial charge >= 0.3 is 0 Å². The van der Waals surface area contributed by atoms with Crippen molar-refractivity contribution in [2.24, 2.45) is 0 Å². The van der Waals surface area contributed by atoms with Crippen molar-refractivity contribution >= 4 is 22.5 Å². The van der Waals surface area contributed by atoms with E-state index in [4.69, 9.17) is 13.6 Å². The van der Waals surface area contributed by atoms with Crippen LogP contribution in [-0.2, 0) is 11.3 Å². The number of fused-ring (bicyclic) bond motifs is 2. The Bertz CT molecular complexity index is 1490. The van der Waals surface area contributed by atoms with Gasteiger partial charge in [0.25, 0.3) is 5.92 Å². The van der Waals surface area contributed by atoms with Crippen molar-refractivity contribution < 1.29 is 26.8 Å². The number of alkyl halides is 3. The topological polar surface area (TPSA) is 94.6 Å². The number of benzene rings is 1. The molecule has 2 aliphatic heterocycles. The number of aromatic nitrogens is 6. The number of rotatable bonds is 7. The molecule has 0 radical (unpaired) electrons. The molecular formula is C22H23F3N8O2. The molecule has 1 aromatic carbocycles. The quantitative estimate of drug-likeness (QED) is 0.421. The molecule has 35 heavy (non-hydrogen) atoms. The molecule has 184 valence electrons. The second kappa shape index (κ2) is 8.34. The molecule has 10 nitrogen and oxygen atoms in total. The van der Waals surface area contributed by atoms with Crippen LogP contribution in [0.4, 0.5) is 19.1 Å². The Kier molecular flexibility index (Phi) is 4.49. The predicted octanol–water partition coefficient (Wildman–Crippen LogP) is 2.25. The summed E-state index contributed by atoms with van der Waals surface area (Å²) in [4.78, 5) is 5.85. The van der Waals surface area contributed by atoms with E-state index in [1.165, 1.54) is 9.20 Å². The van der Waals surface area contributed by atoms with Gasteiger partial charge in [0.15, 0.2) is 0 Å². The number of nitrogens with zero attached hydrogens (tertiary/aromatic N) is 7. The summed E-state index contributed by atoms with van der Waals surface area (Å²) in [5.41, 5.74) is 2.52. The second-order valence-corrected chi connectivity index (χ2v) is 8.65. The first kappa shape index (κ1) is 18.8. The lowest BCUT2D eigenvalue weighted by Gasteiger charge is -2.34. The van der Waals surface area contributed by atoms with E-state index in [1.807, 2.05) is 0 Å². The predicted molar refractivity (Wildman–Crippen MR) is 121 cm³/mol. The lowest BCUT2D eigenvalue weighted by atomic mass is 10.1. The van der Waals surface area contributed by atoms with Gasteiger partial charge in [0.1, 0.15) is 23.7 Å². The number of ether oxygens (including phenoxy) is 2. The van der Waals surface area contributed by atoms with E-state index in [0.29, 0.717) is 35.4 Å². The van der Waals surface area contributed by atoms with Crippen LogP contribution in [0, 0.1) is 0 Å². The molecule has 2 saturated heterocycles. The van der Waals surface area contributed by atoms with Gasteiger partial charge in [-0.25, -0.2) is 22.4 Å². The summed E-state index contributed by atoms with van der Waals surface area (Å²) in [6.07, 6.45) is 1.55. The summed E-state index contributed by atoms with van der Waals surface area (Å²) in [5.74, 6) is -3.56. The molecule has 4 aromatic rings. The Hall–Kier alpha value is -3.45. The smallest absolute Gasteiger partial charge is 0.281 e. The van der Waals surface area contributed by atoms with Gasteiger partial charge < -0.3 is 14.8 Å². The van der Waals surface area contributed by atoms with E-state index in [-0.39, 0.29) is 36.5 Å². The molecule has 0 bridgehead atoms. The molecule has 13 heteroatoms. The Morgan fingerprint density at radius 1 is 1.31 bits per heavy atom. The molecule has 3 aromatic heterocycles. The zero-order valence-electron chi connectivity index (χ0n) is 21.4. The van der Waals surface area contributed by atoms with E-state index < -0.39 is 32.2 Å². The zero-order valence-corrected chi connectivity index (χ0v) is 18.4. The standard InChI is InChI=1S/C22H23F3N8O2/c1-34-20-19-15(13-2-3-16-17(8-13)32(7-5-23)30-28-16)4-6-33(19)29-21(27-20)26-18-9-31(12-22(18,24)25)14-10-35-11-14/h2-4,6,8,14,18H,5,7,9-12H2,1H3,(H,26,29)/t18-/m1/s1/i1D3. The van der Waals surface area contributed by atoms with Crippen molar-refractivity contribution in [1.29, 1.82) is 0 Å². The van der Waals surface area contributed by atoms with E-state index in [1.54, 1.807) is 35.4 Å². The highest BCUT2D eigenvalue weighted by atomic mass is 19.3. The third kappa shape index (κ3) is 3.74. The van der Waals surface area contributed by atoms with E-state index in [0.717, 1.165) is 0 Å². The fourth-order valence-electron chi connectivity index (χ4n) is 4.57. The van der Waals surface area contributed by atoms with Crippen molar-refractivity contribution in [2.45, 2.75) is 24.6 Å². The largest absolute Gasteiger partial charge is 0.479 e. The van der Waals surface area contributed by atoms with Crippen molar-refractivity contribution in [2.75, 3.05) is 45.3 Å². The van der Waals surface area contributed by atoms with E-state index in [2.05, 4.69) is 25.7 Å². The lowest BCUT2D eigenvalue weighted by Crippen LogP contribution is -2.48. The maximum absolute atomic E-state index is 14.8. The summed E-state index contributed by atoms with van der Waals surface area (Å²) < 4.78 is 78.5. The number of hydrogen-bond acceptors (Lipinski definition) is 8. The molecule has 0 unspecified atom stereocenters. The van der Waals surface area contributed by atoms with Gasteiger partial charge in [-0.15, -0.1) is 10.2 Å². The number of nitrogens with one attached hydrogen (secondary N) is 1. The second-order valence-electron chi connectivity index (χ2n) is 8.65. The van der Waals surface area contributed by atoms with Crippen LogP contribution in [0.2, 0.25) is 0 Å². The molecule has 1 atom stereocenters. The highest BCUT2D eigenvalue weighted by molar-refractivity contribution is 5.89. The number of methoxy groups -OCH3 is 1. The third-order valence-electron chi connectivity index (χ3n) is 6.48. The molecule has 0 aliphatic carbocycles. The highest BCUT2D eigenvalue weighted by Crippen LogP contribution is 2.35. The van der Waals surface area contributed by atoms with Crippen LogP contribution in [0.25, 0.3) is 27.7 Å². The highest BCUT2D eigenvalue weighted by Gasteiger charge is 2.51. The Morgan fingerprint density at radius 3 is 2.97 bits per heavy atom. The summed E-state index contributed by atoms with van der Waals surface area (Å²) in [5, 5.41) is 15.0. The minimum absolute atomic E-state index is 0.0268. The number of anilines is 1. The first-order valence-corrected chi connectivity index (χ1v) is 11.1. The van der Waals surface area contributed by atoms with Crippen LogP contribution in [0.15, 0.2) is 30.5 Å². The van der Waals surface area contributed by atoms with Crippen molar-refractivity contribution in [3.63, 3.8) is 0 Å². The maximum Gasteiger partial charge on any atom is 0.281 e. The number of hydrogen-bond donors (Lipinski definition) is 1. The van der Waals surface area contributed by atoms with Crippen molar-refractivity contribution in [1.82, 2.24) is 34.5 Å². The number of halogens is 3. The van der Waals surface area contributed by atoms with E-state index >= 15 is 0 Å². The van der Waals surface area contributed by atoms with Gasteiger partial charge in [-0.05, 0) is 23.8 Å². The van der Waals surface area contributed by atoms with Crippen LogP contribution in [-0.4, -0.2) is 92.5 Å². The van der Waals surface area contributed by atoms with Crippen LogP contribution < -0.4 is 10.1 Å². The molecule has 0 amide bonds. The van der Waals surface area contributed by atoms with Crippen LogP contribution in [0.1, 0.15) is 4.11 Å². The first-order valence-electron chi connectivity index (χ1n) is 12.6. The normalized spacial score (nSPS) is 22.1. The molecule has 2 fully saturated rings. The first-order chi connectivity index (χ1) is 18.1. The summed E-state index contributed by atoms with van der Waals surface area (Å²) >= 11 is 0. The van der Waals surface area contributed by atoms with Crippen LogP contribution >= 0.6 is 0 Å². The van der Waals surface area contributed by atoms with Gasteiger partial charge in [-0.1, -0.05) is 11.3 Å². The van der Waals surface area contributed by atoms with Gasteiger partial charge in [0.2, 0.25) is 11.8 Å². The molecule has 5 heterocycles. The molecule has 2 aliphatic rings. The fraction of sp³-hybridized carbons (Fsp3) is 0.455. The lowest BCUT2D eigenvalue weighted by molar-refractivity contribution is -0.0711. The van der Waals surface area contributed by atoms with Gasteiger partial charge in [0.05, 0.1) is 49.0 Å². The van der Waals surface area contributed by atoms with Crippen molar-refractivity contribution in [3.8, 4) is 17.0 Å². The number of aryl methyl sites for hydroxylation is 1. The van der Waals surface area contributed by atoms with E-state index in [9.17, 15) is 13.2 Å². The molecule has 6 rings (SSSR count). The minimum atomic E-state index is -3.06. The van der Waals surface area contributed by atoms with Crippen LogP contribution in [0.5, 0.6) is 5.88 Å². The molecule has 0 spiro atoms. The summed E-state index contributed by atoms with van der Waals surface area (Å²) in [7, 11) is -2.86. The van der Waals surface area contributed by atoms with Gasteiger partial charge in [-0.2, -0.15) is 4.98 Å². The molecular weight excluding hydrogens is 465 g/mol. The van der Waals surface area contributed by atoms with Crippen molar-refractivity contribution in [3.05, 3.63) is 30.5 Å². The fourth-order valence-corrected chi connectivity index (χ4v) is 4.57. The zero-order chi connectivity index (χ0) is 26.7. The maximum atomic E-state index is 14.8. The van der Waals surface area contributed by atoms with Gasteiger partial charge in [0, 0.05) is 18.3 Å². The summed E-state index contributed by atoms with van der Waals surface area (Å²) in [6, 6.07) is 5.51. The SMILES string of the molecule is [2H]C([2H])([2H])Oc1nc(N[C@@H]2CN(C3COC3)CC2(F)F)nn2ccc(-c3ccc4nnn(CCF)c4c3)c12. The average Bonchev–Trinajstić information content (AvgIpc) is 3.47. The average molecular weight is 491 g/mol. The molecule has 1 N–H and O–H groups in total. The monoisotopic (exact) mass is 491 g/mol. The Balaban J connectivity index is 1.38. The minimum Gasteiger partial charge on any atom is -0.479 e. The Labute approximate surface area is 201 Å². The summed E-state index contributed by atoms with van der Waals surface area (Å²) in [6.45, 7) is -0.156. The Morgan fingerprint density at radius 2 is 2.20 bits per heavy atom. The van der Waals surface area contributed by atoms with Crippen LogP contribution in [0.3, 0.4) is 0 Å². The molecule has 0 saturated carbocycles. The number of likely N-dealkylation sites (tertiary alicyclic amines) is 1. The van der Waals surface area contributed by atoms with Gasteiger partial charge in [-0.3, -0.25) is 4.90 Å².